The molecule has 2 heterocycles. The molecule has 138 valence electrons. The van der Waals surface area contributed by atoms with Crippen molar-refractivity contribution in [1.82, 2.24) is 9.97 Å². The summed E-state index contributed by atoms with van der Waals surface area (Å²) in [6.45, 7) is 2.40. The van der Waals surface area contributed by atoms with Crippen molar-refractivity contribution >= 4 is 11.5 Å². The molecule has 1 aliphatic rings. The Morgan fingerprint density at radius 1 is 0.778 bits per heavy atom. The van der Waals surface area contributed by atoms with Gasteiger partial charge in [0.05, 0.1) is 23.8 Å². The molecular formula is C20H17F3N4. The van der Waals surface area contributed by atoms with E-state index >= 15 is 0 Å². The van der Waals surface area contributed by atoms with Gasteiger partial charge in [-0.1, -0.05) is 12.1 Å². The van der Waals surface area contributed by atoms with E-state index in [2.05, 4.69) is 9.97 Å². The number of anilines is 2. The number of halogens is 3. The highest BCUT2D eigenvalue weighted by molar-refractivity contribution is 5.60. The van der Waals surface area contributed by atoms with Crippen molar-refractivity contribution < 1.29 is 13.2 Å². The number of piperazine rings is 1. The Morgan fingerprint density at radius 2 is 1.52 bits per heavy atom. The molecule has 0 N–H and O–H groups in total. The molecule has 1 saturated heterocycles. The first kappa shape index (κ1) is 17.3. The molecule has 0 radical (unpaired) electrons. The Labute approximate surface area is 154 Å². The molecule has 7 heteroatoms. The van der Waals surface area contributed by atoms with Gasteiger partial charge in [-0.05, 0) is 24.3 Å². The van der Waals surface area contributed by atoms with Gasteiger partial charge in [-0.15, -0.1) is 0 Å². The molecule has 3 aromatic rings. The molecule has 0 spiro atoms. The summed E-state index contributed by atoms with van der Waals surface area (Å²) in [6.07, 6.45) is 3.26. The van der Waals surface area contributed by atoms with Crippen molar-refractivity contribution in [1.29, 1.82) is 0 Å². The summed E-state index contributed by atoms with van der Waals surface area (Å²) in [5, 5.41) is 0. The Balaban J connectivity index is 1.49. The van der Waals surface area contributed by atoms with E-state index < -0.39 is 11.6 Å². The van der Waals surface area contributed by atoms with Crippen molar-refractivity contribution in [3.05, 3.63) is 72.3 Å². The van der Waals surface area contributed by atoms with Crippen LogP contribution in [0.5, 0.6) is 0 Å². The SMILES string of the molecule is Fc1cccc(-c2cncc(N3CCN(c4ccc(F)cc4F)CC3)n2)c1. The lowest BCUT2D eigenvalue weighted by molar-refractivity contribution is 0.570. The molecule has 4 nitrogen and oxygen atoms in total. The number of nitrogens with zero attached hydrogens (tertiary/aromatic N) is 4. The van der Waals surface area contributed by atoms with E-state index in [-0.39, 0.29) is 5.82 Å². The first-order valence-corrected chi connectivity index (χ1v) is 8.63. The molecule has 0 aliphatic carbocycles. The van der Waals surface area contributed by atoms with E-state index in [0.717, 1.165) is 6.07 Å². The van der Waals surface area contributed by atoms with Crippen LogP contribution in [0.3, 0.4) is 0 Å². The molecule has 2 aromatic carbocycles. The Morgan fingerprint density at radius 3 is 2.26 bits per heavy atom. The maximum Gasteiger partial charge on any atom is 0.149 e. The molecule has 4 rings (SSSR count). The fourth-order valence-corrected chi connectivity index (χ4v) is 3.21. The van der Waals surface area contributed by atoms with Crippen molar-refractivity contribution in [2.45, 2.75) is 0 Å². The third kappa shape index (κ3) is 3.72. The summed E-state index contributed by atoms with van der Waals surface area (Å²) < 4.78 is 40.5. The molecule has 0 atom stereocenters. The Bertz CT molecular complexity index is 955. The van der Waals surface area contributed by atoms with Crippen LogP contribution in [0.15, 0.2) is 54.9 Å². The quantitative estimate of drug-likeness (QED) is 0.700. The fourth-order valence-electron chi connectivity index (χ4n) is 3.21. The van der Waals surface area contributed by atoms with Crippen molar-refractivity contribution in [3.63, 3.8) is 0 Å². The number of rotatable bonds is 3. The summed E-state index contributed by atoms with van der Waals surface area (Å²) >= 11 is 0. The largest absolute Gasteiger partial charge is 0.366 e. The van der Waals surface area contributed by atoms with E-state index in [1.165, 1.54) is 24.3 Å². The monoisotopic (exact) mass is 370 g/mol. The van der Waals surface area contributed by atoms with Gasteiger partial charge in [0.2, 0.25) is 0 Å². The van der Waals surface area contributed by atoms with Crippen LogP contribution in [-0.2, 0) is 0 Å². The molecular weight excluding hydrogens is 353 g/mol. The molecule has 0 saturated carbocycles. The zero-order chi connectivity index (χ0) is 18.8. The first-order valence-electron chi connectivity index (χ1n) is 8.63. The van der Waals surface area contributed by atoms with Crippen LogP contribution in [0, 0.1) is 17.5 Å². The summed E-state index contributed by atoms with van der Waals surface area (Å²) in [7, 11) is 0. The van der Waals surface area contributed by atoms with Gasteiger partial charge in [-0.2, -0.15) is 0 Å². The van der Waals surface area contributed by atoms with Gasteiger partial charge in [0.15, 0.2) is 0 Å². The molecule has 0 amide bonds. The minimum atomic E-state index is -0.584. The molecule has 0 unspecified atom stereocenters. The third-order valence-corrected chi connectivity index (χ3v) is 4.60. The zero-order valence-electron chi connectivity index (χ0n) is 14.4. The van der Waals surface area contributed by atoms with Gasteiger partial charge in [0.1, 0.15) is 23.3 Å². The number of benzene rings is 2. The minimum absolute atomic E-state index is 0.324. The lowest BCUT2D eigenvalue weighted by Gasteiger charge is -2.36. The van der Waals surface area contributed by atoms with Crippen LogP contribution < -0.4 is 9.80 Å². The lowest BCUT2D eigenvalue weighted by atomic mass is 10.1. The van der Waals surface area contributed by atoms with Crippen molar-refractivity contribution in [3.8, 4) is 11.3 Å². The topological polar surface area (TPSA) is 32.3 Å². The van der Waals surface area contributed by atoms with E-state index in [4.69, 9.17) is 0 Å². The maximum absolute atomic E-state index is 14.0. The van der Waals surface area contributed by atoms with Crippen LogP contribution in [0.2, 0.25) is 0 Å². The highest BCUT2D eigenvalue weighted by Crippen LogP contribution is 2.24. The number of hydrogen-bond acceptors (Lipinski definition) is 4. The van der Waals surface area contributed by atoms with Gasteiger partial charge < -0.3 is 9.80 Å². The standard InChI is InChI=1S/C20H17F3N4/c21-15-3-1-2-14(10-15)18-12-24-13-20(25-18)27-8-6-26(7-9-27)19-5-4-16(22)11-17(19)23/h1-5,10-13H,6-9H2. The van der Waals surface area contributed by atoms with Crippen LogP contribution in [0.1, 0.15) is 0 Å². The Hall–Kier alpha value is -3.09. The summed E-state index contributed by atoms with van der Waals surface area (Å²) in [5.74, 6) is -0.777. The van der Waals surface area contributed by atoms with Crippen LogP contribution in [-0.4, -0.2) is 36.1 Å². The van der Waals surface area contributed by atoms with Crippen LogP contribution in [0.4, 0.5) is 24.7 Å². The maximum atomic E-state index is 14.0. The van der Waals surface area contributed by atoms with E-state index in [1.807, 2.05) is 9.80 Å². The minimum Gasteiger partial charge on any atom is -0.366 e. The summed E-state index contributed by atoms with van der Waals surface area (Å²) in [6, 6.07) is 9.85. The zero-order valence-corrected chi connectivity index (χ0v) is 14.4. The number of aromatic nitrogens is 2. The predicted octanol–water partition coefficient (Wildman–Crippen LogP) is 3.89. The second kappa shape index (κ2) is 7.26. The molecule has 1 fully saturated rings. The van der Waals surface area contributed by atoms with E-state index in [0.29, 0.717) is 48.9 Å². The second-order valence-corrected chi connectivity index (χ2v) is 6.34. The normalized spacial score (nSPS) is 14.5. The molecule has 0 bridgehead atoms. The van der Waals surface area contributed by atoms with Crippen LogP contribution >= 0.6 is 0 Å². The molecule has 27 heavy (non-hydrogen) atoms. The Kier molecular flexibility index (Phi) is 4.66. The highest BCUT2D eigenvalue weighted by atomic mass is 19.1. The molecule has 1 aromatic heterocycles. The average Bonchev–Trinajstić information content (AvgIpc) is 2.68. The van der Waals surface area contributed by atoms with Gasteiger partial charge in [0.25, 0.3) is 0 Å². The van der Waals surface area contributed by atoms with Gasteiger partial charge in [-0.25, -0.2) is 18.2 Å². The molecule has 1 aliphatic heterocycles. The van der Waals surface area contributed by atoms with Crippen molar-refractivity contribution in [2.24, 2.45) is 0 Å². The number of hydrogen-bond donors (Lipinski definition) is 0. The van der Waals surface area contributed by atoms with E-state index in [9.17, 15) is 13.2 Å². The average molecular weight is 370 g/mol. The highest BCUT2D eigenvalue weighted by Gasteiger charge is 2.21. The lowest BCUT2D eigenvalue weighted by Crippen LogP contribution is -2.47. The van der Waals surface area contributed by atoms with Crippen LogP contribution in [0.25, 0.3) is 11.3 Å². The van der Waals surface area contributed by atoms with Gasteiger partial charge in [0, 0.05) is 37.8 Å². The summed E-state index contributed by atoms with van der Waals surface area (Å²) in [5.41, 5.74) is 1.66. The first-order chi connectivity index (χ1) is 13.1. The fraction of sp³-hybridized carbons (Fsp3) is 0.200. The summed E-state index contributed by atoms with van der Waals surface area (Å²) in [4.78, 5) is 12.7. The smallest absolute Gasteiger partial charge is 0.149 e. The van der Waals surface area contributed by atoms with E-state index in [1.54, 1.807) is 24.5 Å². The van der Waals surface area contributed by atoms with Gasteiger partial charge in [-0.3, -0.25) is 4.98 Å². The second-order valence-electron chi connectivity index (χ2n) is 6.34. The third-order valence-electron chi connectivity index (χ3n) is 4.60. The van der Waals surface area contributed by atoms with Gasteiger partial charge >= 0.3 is 0 Å². The van der Waals surface area contributed by atoms with Crippen molar-refractivity contribution in [2.75, 3.05) is 36.0 Å². The predicted molar refractivity (Wildman–Crippen MR) is 98.2 cm³/mol.